The van der Waals surface area contributed by atoms with E-state index in [2.05, 4.69) is 24.4 Å². The maximum absolute atomic E-state index is 12.3. The lowest BCUT2D eigenvalue weighted by Crippen LogP contribution is -2.50. The van der Waals surface area contributed by atoms with Gasteiger partial charge in [0.05, 0.1) is 6.04 Å². The molecule has 124 valence electrons. The molecule has 5 heteroatoms. The zero-order valence-corrected chi connectivity index (χ0v) is 14.0. The maximum atomic E-state index is 12.3. The van der Waals surface area contributed by atoms with Gasteiger partial charge in [-0.25, -0.2) is 0 Å². The first-order valence-electron chi connectivity index (χ1n) is 7.88. The van der Waals surface area contributed by atoms with Gasteiger partial charge >= 0.3 is 0 Å². The van der Waals surface area contributed by atoms with Gasteiger partial charge in [0, 0.05) is 19.3 Å². The SMILES string of the molecule is CCC(Cc1ccccc1)NC(=O)C(N)C1CCOCC1.Cl. The molecule has 0 aromatic heterocycles. The van der Waals surface area contributed by atoms with E-state index in [9.17, 15) is 4.79 Å². The zero-order chi connectivity index (χ0) is 15.1. The van der Waals surface area contributed by atoms with Crippen LogP contribution in [0.3, 0.4) is 0 Å². The van der Waals surface area contributed by atoms with Gasteiger partial charge in [0.25, 0.3) is 0 Å². The highest BCUT2D eigenvalue weighted by atomic mass is 35.5. The third-order valence-electron chi connectivity index (χ3n) is 4.24. The topological polar surface area (TPSA) is 64.4 Å². The number of carbonyl (C=O) groups excluding carboxylic acids is 1. The number of benzene rings is 1. The van der Waals surface area contributed by atoms with E-state index in [4.69, 9.17) is 10.5 Å². The Hall–Kier alpha value is -1.10. The summed E-state index contributed by atoms with van der Waals surface area (Å²) in [6, 6.07) is 9.96. The van der Waals surface area contributed by atoms with Crippen LogP contribution in [0.1, 0.15) is 31.7 Å². The van der Waals surface area contributed by atoms with E-state index in [1.807, 2.05) is 18.2 Å². The van der Waals surface area contributed by atoms with Crippen molar-refractivity contribution >= 4 is 18.3 Å². The molecule has 2 rings (SSSR count). The fourth-order valence-electron chi connectivity index (χ4n) is 2.78. The van der Waals surface area contributed by atoms with Crippen LogP contribution in [0.4, 0.5) is 0 Å². The monoisotopic (exact) mass is 326 g/mol. The van der Waals surface area contributed by atoms with Gasteiger partial charge in [-0.05, 0) is 37.2 Å². The van der Waals surface area contributed by atoms with Crippen molar-refractivity contribution in [3.05, 3.63) is 35.9 Å². The molecular formula is C17H27ClN2O2. The molecule has 1 aliphatic heterocycles. The zero-order valence-electron chi connectivity index (χ0n) is 13.2. The molecule has 1 aromatic carbocycles. The Morgan fingerprint density at radius 1 is 1.32 bits per heavy atom. The molecule has 1 aliphatic rings. The largest absolute Gasteiger partial charge is 0.381 e. The number of hydrogen-bond acceptors (Lipinski definition) is 3. The summed E-state index contributed by atoms with van der Waals surface area (Å²) >= 11 is 0. The van der Waals surface area contributed by atoms with Crippen LogP contribution in [-0.4, -0.2) is 31.2 Å². The second kappa shape index (κ2) is 9.82. The van der Waals surface area contributed by atoms with Gasteiger partial charge in [0.1, 0.15) is 0 Å². The van der Waals surface area contributed by atoms with Crippen LogP contribution < -0.4 is 11.1 Å². The van der Waals surface area contributed by atoms with Gasteiger partial charge < -0.3 is 15.8 Å². The summed E-state index contributed by atoms with van der Waals surface area (Å²) in [6.07, 6.45) is 3.51. The normalized spacial score (nSPS) is 18.1. The van der Waals surface area contributed by atoms with Gasteiger partial charge in [0.2, 0.25) is 5.91 Å². The molecule has 2 unspecified atom stereocenters. The number of rotatable bonds is 6. The van der Waals surface area contributed by atoms with Crippen LogP contribution in [0, 0.1) is 5.92 Å². The molecule has 1 aromatic rings. The van der Waals surface area contributed by atoms with Crippen LogP contribution in [0.2, 0.25) is 0 Å². The van der Waals surface area contributed by atoms with Gasteiger partial charge in [-0.2, -0.15) is 0 Å². The highest BCUT2D eigenvalue weighted by molar-refractivity contribution is 5.85. The van der Waals surface area contributed by atoms with Gasteiger partial charge in [-0.15, -0.1) is 12.4 Å². The highest BCUT2D eigenvalue weighted by Crippen LogP contribution is 2.18. The minimum Gasteiger partial charge on any atom is -0.381 e. The van der Waals surface area contributed by atoms with Crippen molar-refractivity contribution in [2.45, 2.75) is 44.7 Å². The standard InChI is InChI=1S/C17H26N2O2.ClH/c1-2-15(12-13-6-4-3-5-7-13)19-17(20)16(18)14-8-10-21-11-9-14;/h3-7,14-16H,2,8-12,18H2,1H3,(H,19,20);1H. The molecular weight excluding hydrogens is 300 g/mol. The number of amides is 1. The lowest BCUT2D eigenvalue weighted by atomic mass is 9.91. The molecule has 22 heavy (non-hydrogen) atoms. The van der Waals surface area contributed by atoms with Crippen molar-refractivity contribution < 1.29 is 9.53 Å². The first kappa shape index (κ1) is 18.9. The van der Waals surface area contributed by atoms with Crippen LogP contribution in [-0.2, 0) is 16.0 Å². The van der Waals surface area contributed by atoms with Crippen molar-refractivity contribution in [2.75, 3.05) is 13.2 Å². The molecule has 1 fully saturated rings. The van der Waals surface area contributed by atoms with Crippen molar-refractivity contribution in [1.29, 1.82) is 0 Å². The van der Waals surface area contributed by atoms with E-state index in [0.29, 0.717) is 13.2 Å². The fourth-order valence-corrected chi connectivity index (χ4v) is 2.78. The fraction of sp³-hybridized carbons (Fsp3) is 0.588. The van der Waals surface area contributed by atoms with Crippen LogP contribution >= 0.6 is 12.4 Å². The molecule has 2 atom stereocenters. The Balaban J connectivity index is 0.00000242. The minimum atomic E-state index is -0.418. The van der Waals surface area contributed by atoms with Crippen molar-refractivity contribution in [1.82, 2.24) is 5.32 Å². The first-order valence-corrected chi connectivity index (χ1v) is 7.88. The molecule has 1 saturated heterocycles. The predicted octanol–water partition coefficient (Wildman–Crippen LogP) is 2.30. The van der Waals surface area contributed by atoms with E-state index < -0.39 is 6.04 Å². The van der Waals surface area contributed by atoms with E-state index in [1.165, 1.54) is 5.56 Å². The molecule has 0 radical (unpaired) electrons. The van der Waals surface area contributed by atoms with E-state index in [0.717, 1.165) is 25.7 Å². The summed E-state index contributed by atoms with van der Waals surface area (Å²) < 4.78 is 5.32. The van der Waals surface area contributed by atoms with Crippen LogP contribution in [0.25, 0.3) is 0 Å². The Labute approximate surface area is 139 Å². The van der Waals surface area contributed by atoms with E-state index >= 15 is 0 Å². The molecule has 3 N–H and O–H groups in total. The molecule has 0 saturated carbocycles. The van der Waals surface area contributed by atoms with Crippen molar-refractivity contribution in [2.24, 2.45) is 11.7 Å². The Morgan fingerprint density at radius 2 is 1.95 bits per heavy atom. The molecule has 0 aliphatic carbocycles. The molecule has 4 nitrogen and oxygen atoms in total. The summed E-state index contributed by atoms with van der Waals surface area (Å²) in [6.45, 7) is 3.52. The Bertz CT molecular complexity index is 436. The number of ether oxygens (including phenoxy) is 1. The maximum Gasteiger partial charge on any atom is 0.237 e. The average molecular weight is 327 g/mol. The second-order valence-electron chi connectivity index (χ2n) is 5.78. The summed E-state index contributed by atoms with van der Waals surface area (Å²) in [5, 5.41) is 3.11. The van der Waals surface area contributed by atoms with Crippen molar-refractivity contribution in [3.63, 3.8) is 0 Å². The number of nitrogens with two attached hydrogens (primary N) is 1. The van der Waals surface area contributed by atoms with Gasteiger partial charge in [-0.1, -0.05) is 37.3 Å². The minimum absolute atomic E-state index is 0. The van der Waals surface area contributed by atoms with Crippen LogP contribution in [0.15, 0.2) is 30.3 Å². The Kier molecular flexibility index (Phi) is 8.46. The summed E-state index contributed by atoms with van der Waals surface area (Å²) in [5.74, 6) is 0.220. The smallest absolute Gasteiger partial charge is 0.237 e. The molecule has 0 spiro atoms. The summed E-state index contributed by atoms with van der Waals surface area (Å²) in [5.41, 5.74) is 7.36. The molecule has 0 bridgehead atoms. The number of halogens is 1. The molecule has 1 amide bonds. The number of hydrogen-bond donors (Lipinski definition) is 2. The third-order valence-corrected chi connectivity index (χ3v) is 4.24. The van der Waals surface area contributed by atoms with Crippen molar-refractivity contribution in [3.8, 4) is 0 Å². The predicted molar refractivity (Wildman–Crippen MR) is 91.1 cm³/mol. The highest BCUT2D eigenvalue weighted by Gasteiger charge is 2.27. The average Bonchev–Trinajstić information content (AvgIpc) is 2.55. The molecule has 1 heterocycles. The Morgan fingerprint density at radius 3 is 2.55 bits per heavy atom. The lowest BCUT2D eigenvalue weighted by Gasteiger charge is -2.28. The second-order valence-corrected chi connectivity index (χ2v) is 5.78. The van der Waals surface area contributed by atoms with E-state index in [1.54, 1.807) is 0 Å². The number of nitrogens with one attached hydrogen (secondary N) is 1. The van der Waals surface area contributed by atoms with Gasteiger partial charge in [0.15, 0.2) is 0 Å². The number of carbonyl (C=O) groups is 1. The third kappa shape index (κ3) is 5.59. The lowest BCUT2D eigenvalue weighted by molar-refractivity contribution is -0.125. The summed E-state index contributed by atoms with van der Waals surface area (Å²) in [7, 11) is 0. The van der Waals surface area contributed by atoms with Crippen LogP contribution in [0.5, 0.6) is 0 Å². The van der Waals surface area contributed by atoms with Gasteiger partial charge in [-0.3, -0.25) is 4.79 Å². The quantitative estimate of drug-likeness (QED) is 0.843. The van der Waals surface area contributed by atoms with E-state index in [-0.39, 0.29) is 30.3 Å². The first-order chi connectivity index (χ1) is 10.2. The summed E-state index contributed by atoms with van der Waals surface area (Å²) in [4.78, 5) is 12.3.